The lowest BCUT2D eigenvalue weighted by Gasteiger charge is -2.28. The summed E-state index contributed by atoms with van der Waals surface area (Å²) in [6, 6.07) is 0. The number of nitrogens with two attached hydrogens (primary N) is 1. The van der Waals surface area contributed by atoms with E-state index in [4.69, 9.17) is 10.5 Å². The fourth-order valence-electron chi connectivity index (χ4n) is 1.76. The van der Waals surface area contributed by atoms with E-state index in [1.807, 2.05) is 0 Å². The monoisotopic (exact) mass is 207 g/mol. The molecular weight excluding hydrogens is 190 g/mol. The van der Waals surface area contributed by atoms with Crippen molar-refractivity contribution in [2.45, 2.75) is 18.9 Å². The SMILES string of the molecule is COC(CN)C1CCS(=O)(=O)CC1. The Labute approximate surface area is 79.4 Å². The minimum Gasteiger partial charge on any atom is -0.380 e. The average molecular weight is 207 g/mol. The Hall–Kier alpha value is -0.130. The van der Waals surface area contributed by atoms with Crippen LogP contribution < -0.4 is 5.73 Å². The number of sulfone groups is 1. The van der Waals surface area contributed by atoms with Crippen molar-refractivity contribution >= 4 is 9.84 Å². The van der Waals surface area contributed by atoms with Crippen molar-refractivity contribution in [3.8, 4) is 0 Å². The summed E-state index contributed by atoms with van der Waals surface area (Å²) in [6.45, 7) is 0.473. The molecule has 0 aromatic rings. The highest BCUT2D eigenvalue weighted by atomic mass is 32.2. The van der Waals surface area contributed by atoms with Gasteiger partial charge in [-0.3, -0.25) is 0 Å². The van der Waals surface area contributed by atoms with Crippen molar-refractivity contribution in [3.05, 3.63) is 0 Å². The van der Waals surface area contributed by atoms with Gasteiger partial charge < -0.3 is 10.5 Å². The molecule has 1 aliphatic heterocycles. The molecule has 0 aromatic heterocycles. The lowest BCUT2D eigenvalue weighted by atomic mass is 9.96. The van der Waals surface area contributed by atoms with Gasteiger partial charge in [0.2, 0.25) is 0 Å². The van der Waals surface area contributed by atoms with E-state index in [0.717, 1.165) is 0 Å². The van der Waals surface area contributed by atoms with Gasteiger partial charge in [0.15, 0.2) is 0 Å². The fourth-order valence-corrected chi connectivity index (χ4v) is 3.29. The van der Waals surface area contributed by atoms with E-state index in [0.29, 0.717) is 25.3 Å². The molecule has 2 N–H and O–H groups in total. The molecule has 0 spiro atoms. The zero-order valence-electron chi connectivity index (χ0n) is 7.90. The predicted molar refractivity (Wildman–Crippen MR) is 51.2 cm³/mol. The first kappa shape index (κ1) is 10.9. The van der Waals surface area contributed by atoms with Gasteiger partial charge in [-0.25, -0.2) is 8.42 Å². The Balaban J connectivity index is 2.49. The van der Waals surface area contributed by atoms with E-state index < -0.39 is 9.84 Å². The molecule has 78 valence electrons. The van der Waals surface area contributed by atoms with Crippen molar-refractivity contribution in [2.24, 2.45) is 11.7 Å². The quantitative estimate of drug-likeness (QED) is 0.695. The highest BCUT2D eigenvalue weighted by Crippen LogP contribution is 2.23. The van der Waals surface area contributed by atoms with E-state index in [9.17, 15) is 8.42 Å². The predicted octanol–water partition coefficient (Wildman–Crippen LogP) is -0.215. The van der Waals surface area contributed by atoms with E-state index in [-0.39, 0.29) is 17.6 Å². The zero-order chi connectivity index (χ0) is 9.90. The summed E-state index contributed by atoms with van der Waals surface area (Å²) in [6.07, 6.45) is 1.41. The van der Waals surface area contributed by atoms with Gasteiger partial charge in [-0.1, -0.05) is 0 Å². The third kappa shape index (κ3) is 2.93. The van der Waals surface area contributed by atoms with Crippen LogP contribution in [0.3, 0.4) is 0 Å². The molecule has 0 saturated carbocycles. The molecule has 1 heterocycles. The van der Waals surface area contributed by atoms with Gasteiger partial charge in [0, 0.05) is 13.7 Å². The molecule has 1 rings (SSSR count). The molecule has 0 radical (unpaired) electrons. The normalized spacial score (nSPS) is 25.7. The Kier molecular flexibility index (Phi) is 3.70. The van der Waals surface area contributed by atoms with Crippen LogP contribution in [0.2, 0.25) is 0 Å². The van der Waals surface area contributed by atoms with Crippen molar-refractivity contribution < 1.29 is 13.2 Å². The van der Waals surface area contributed by atoms with Gasteiger partial charge >= 0.3 is 0 Å². The first-order valence-electron chi connectivity index (χ1n) is 4.52. The van der Waals surface area contributed by atoms with E-state index in [2.05, 4.69) is 0 Å². The fraction of sp³-hybridized carbons (Fsp3) is 1.00. The first-order chi connectivity index (χ1) is 6.09. The van der Waals surface area contributed by atoms with Crippen molar-refractivity contribution in [1.82, 2.24) is 0 Å². The summed E-state index contributed by atoms with van der Waals surface area (Å²) in [4.78, 5) is 0. The number of ether oxygens (including phenoxy) is 1. The molecule has 13 heavy (non-hydrogen) atoms. The van der Waals surface area contributed by atoms with E-state index in [1.54, 1.807) is 7.11 Å². The summed E-state index contributed by atoms with van der Waals surface area (Å²) >= 11 is 0. The summed E-state index contributed by atoms with van der Waals surface area (Å²) in [7, 11) is -1.14. The van der Waals surface area contributed by atoms with Crippen LogP contribution in [0, 0.1) is 5.92 Å². The average Bonchev–Trinajstić information content (AvgIpc) is 2.09. The van der Waals surface area contributed by atoms with Gasteiger partial charge in [-0.15, -0.1) is 0 Å². The van der Waals surface area contributed by atoms with E-state index in [1.165, 1.54) is 0 Å². The molecular formula is C8H17NO3S. The summed E-state index contributed by atoms with van der Waals surface area (Å²) in [5.41, 5.74) is 5.51. The molecule has 1 unspecified atom stereocenters. The largest absolute Gasteiger partial charge is 0.380 e. The Morgan fingerprint density at radius 2 is 2.00 bits per heavy atom. The molecule has 1 saturated heterocycles. The molecule has 1 aliphatic rings. The molecule has 0 aromatic carbocycles. The molecule has 1 fully saturated rings. The number of methoxy groups -OCH3 is 1. The van der Waals surface area contributed by atoms with Crippen LogP contribution in [-0.4, -0.2) is 39.7 Å². The van der Waals surface area contributed by atoms with Gasteiger partial charge in [-0.05, 0) is 18.8 Å². The zero-order valence-corrected chi connectivity index (χ0v) is 8.72. The maximum atomic E-state index is 11.1. The second kappa shape index (κ2) is 4.39. The summed E-state index contributed by atoms with van der Waals surface area (Å²) in [5.74, 6) is 0.897. The molecule has 5 heteroatoms. The van der Waals surface area contributed by atoms with Crippen LogP contribution in [0.5, 0.6) is 0 Å². The highest BCUT2D eigenvalue weighted by Gasteiger charge is 2.28. The van der Waals surface area contributed by atoms with Crippen LogP contribution >= 0.6 is 0 Å². The lowest BCUT2D eigenvalue weighted by Crippen LogP contribution is -2.36. The minimum absolute atomic E-state index is 0.0236. The van der Waals surface area contributed by atoms with Gasteiger partial charge in [0.25, 0.3) is 0 Å². The van der Waals surface area contributed by atoms with Crippen LogP contribution in [0.4, 0.5) is 0 Å². The lowest BCUT2D eigenvalue weighted by molar-refractivity contribution is 0.0547. The maximum absolute atomic E-state index is 11.1. The molecule has 4 nitrogen and oxygen atoms in total. The van der Waals surface area contributed by atoms with Crippen molar-refractivity contribution in [2.75, 3.05) is 25.2 Å². The van der Waals surface area contributed by atoms with Crippen LogP contribution in [0.1, 0.15) is 12.8 Å². The van der Waals surface area contributed by atoms with Gasteiger partial charge in [0.05, 0.1) is 17.6 Å². The molecule has 1 atom stereocenters. The maximum Gasteiger partial charge on any atom is 0.150 e. The Morgan fingerprint density at radius 3 is 2.38 bits per heavy atom. The van der Waals surface area contributed by atoms with Crippen molar-refractivity contribution in [3.63, 3.8) is 0 Å². The number of hydrogen-bond donors (Lipinski definition) is 1. The minimum atomic E-state index is -2.76. The van der Waals surface area contributed by atoms with Gasteiger partial charge in [-0.2, -0.15) is 0 Å². The topological polar surface area (TPSA) is 69.4 Å². The van der Waals surface area contributed by atoms with E-state index >= 15 is 0 Å². The van der Waals surface area contributed by atoms with Crippen LogP contribution in [-0.2, 0) is 14.6 Å². The van der Waals surface area contributed by atoms with Crippen LogP contribution in [0.15, 0.2) is 0 Å². The third-order valence-corrected chi connectivity index (χ3v) is 4.38. The number of rotatable bonds is 3. The first-order valence-corrected chi connectivity index (χ1v) is 6.34. The third-order valence-electron chi connectivity index (χ3n) is 2.66. The highest BCUT2D eigenvalue weighted by molar-refractivity contribution is 7.91. The van der Waals surface area contributed by atoms with Gasteiger partial charge in [0.1, 0.15) is 9.84 Å². The standard InChI is InChI=1S/C8H17NO3S/c1-12-8(6-9)7-2-4-13(10,11)5-3-7/h7-8H,2-6,9H2,1H3. The Bertz CT molecular complexity index is 232. The van der Waals surface area contributed by atoms with Crippen molar-refractivity contribution in [1.29, 1.82) is 0 Å². The summed E-state index contributed by atoms with van der Waals surface area (Å²) in [5, 5.41) is 0. The Morgan fingerprint density at radius 1 is 1.46 bits per heavy atom. The smallest absolute Gasteiger partial charge is 0.150 e. The van der Waals surface area contributed by atoms with Crippen LogP contribution in [0.25, 0.3) is 0 Å². The molecule has 0 bridgehead atoms. The summed E-state index contributed by atoms with van der Waals surface area (Å²) < 4.78 is 27.4. The second-order valence-corrected chi connectivity index (χ2v) is 5.80. The molecule has 0 amide bonds. The molecule has 0 aliphatic carbocycles. The second-order valence-electron chi connectivity index (χ2n) is 3.50. The number of hydrogen-bond acceptors (Lipinski definition) is 4.